The van der Waals surface area contributed by atoms with Crippen molar-refractivity contribution in [3.63, 3.8) is 0 Å². The Bertz CT molecular complexity index is 741. The fourth-order valence-electron chi connectivity index (χ4n) is 1.87. The molecular formula is C15H13BrCl2N2O3. The molecule has 1 amide bonds. The summed E-state index contributed by atoms with van der Waals surface area (Å²) in [5, 5.41) is 3.18. The molecule has 122 valence electrons. The van der Waals surface area contributed by atoms with Crippen molar-refractivity contribution in [1.82, 2.24) is 10.3 Å². The molecule has 0 saturated heterocycles. The number of carbonyl (C=O) groups excluding carboxylic acids is 1. The van der Waals surface area contributed by atoms with E-state index in [1.807, 2.05) is 0 Å². The summed E-state index contributed by atoms with van der Waals surface area (Å²) in [5.41, 5.74) is 0.893. The molecule has 0 atom stereocenters. The number of pyridine rings is 1. The van der Waals surface area contributed by atoms with Crippen LogP contribution in [0, 0.1) is 0 Å². The van der Waals surface area contributed by atoms with E-state index in [1.165, 1.54) is 12.1 Å². The van der Waals surface area contributed by atoms with Crippen LogP contribution in [-0.2, 0) is 6.54 Å². The second-order valence-electron chi connectivity index (χ2n) is 4.45. The predicted molar refractivity (Wildman–Crippen MR) is 92.7 cm³/mol. The summed E-state index contributed by atoms with van der Waals surface area (Å²) < 4.78 is 11.2. The van der Waals surface area contributed by atoms with E-state index in [2.05, 4.69) is 26.2 Å². The smallest absolute Gasteiger partial charge is 0.271 e. The van der Waals surface area contributed by atoms with E-state index < -0.39 is 5.91 Å². The number of nitrogens with one attached hydrogen (secondary N) is 1. The third-order valence-electron chi connectivity index (χ3n) is 3.02. The van der Waals surface area contributed by atoms with E-state index >= 15 is 0 Å². The molecule has 0 aliphatic carbocycles. The Morgan fingerprint density at radius 2 is 1.87 bits per heavy atom. The molecule has 1 heterocycles. The standard InChI is InChI=1S/C15H13BrCl2N2O3/c1-22-11-5-8(9(16)6-12(11)23-2)7-19-15(21)14-10(17)3-4-13(18)20-14/h3-6H,7H2,1-2H3,(H,19,21). The predicted octanol–water partition coefficient (Wildman–Crippen LogP) is 4.10. The van der Waals surface area contributed by atoms with Crippen LogP contribution < -0.4 is 14.8 Å². The minimum atomic E-state index is -0.417. The molecule has 0 aliphatic heterocycles. The van der Waals surface area contributed by atoms with Gasteiger partial charge in [-0.25, -0.2) is 4.98 Å². The van der Waals surface area contributed by atoms with E-state index in [4.69, 9.17) is 32.7 Å². The van der Waals surface area contributed by atoms with E-state index in [-0.39, 0.29) is 22.4 Å². The first kappa shape index (κ1) is 17.8. The number of methoxy groups -OCH3 is 2. The lowest BCUT2D eigenvalue weighted by molar-refractivity contribution is 0.0946. The van der Waals surface area contributed by atoms with Gasteiger partial charge in [0.1, 0.15) is 10.8 Å². The second-order valence-corrected chi connectivity index (χ2v) is 6.09. The number of carbonyl (C=O) groups is 1. The van der Waals surface area contributed by atoms with Gasteiger partial charge in [0.05, 0.1) is 19.2 Å². The maximum absolute atomic E-state index is 12.2. The van der Waals surface area contributed by atoms with Crippen LogP contribution in [0.3, 0.4) is 0 Å². The fourth-order valence-corrected chi connectivity index (χ4v) is 2.67. The number of aromatic nitrogens is 1. The zero-order valence-corrected chi connectivity index (χ0v) is 15.4. The topological polar surface area (TPSA) is 60.5 Å². The Labute approximate surface area is 152 Å². The van der Waals surface area contributed by atoms with Gasteiger partial charge < -0.3 is 14.8 Å². The lowest BCUT2D eigenvalue weighted by atomic mass is 10.2. The normalized spacial score (nSPS) is 10.3. The maximum Gasteiger partial charge on any atom is 0.271 e. The maximum atomic E-state index is 12.2. The lowest BCUT2D eigenvalue weighted by Crippen LogP contribution is -2.24. The van der Waals surface area contributed by atoms with Gasteiger partial charge in [-0.1, -0.05) is 39.1 Å². The number of ether oxygens (including phenoxy) is 2. The minimum Gasteiger partial charge on any atom is -0.493 e. The molecule has 0 bridgehead atoms. The SMILES string of the molecule is COc1cc(Br)c(CNC(=O)c2nc(Cl)ccc2Cl)cc1OC. The molecule has 0 unspecified atom stereocenters. The average molecular weight is 420 g/mol. The van der Waals surface area contributed by atoms with Gasteiger partial charge in [-0.2, -0.15) is 0 Å². The van der Waals surface area contributed by atoms with Crippen LogP contribution in [0.15, 0.2) is 28.7 Å². The van der Waals surface area contributed by atoms with Crippen molar-refractivity contribution in [2.75, 3.05) is 14.2 Å². The van der Waals surface area contributed by atoms with Gasteiger partial charge in [0.25, 0.3) is 5.91 Å². The Morgan fingerprint density at radius 1 is 1.22 bits per heavy atom. The highest BCUT2D eigenvalue weighted by atomic mass is 79.9. The molecule has 0 fully saturated rings. The van der Waals surface area contributed by atoms with Crippen molar-refractivity contribution in [2.24, 2.45) is 0 Å². The summed E-state index contributed by atoms with van der Waals surface area (Å²) in [5.74, 6) is 0.743. The van der Waals surface area contributed by atoms with E-state index in [0.29, 0.717) is 11.5 Å². The molecule has 5 nitrogen and oxygen atoms in total. The average Bonchev–Trinajstić information content (AvgIpc) is 2.55. The van der Waals surface area contributed by atoms with Crippen molar-refractivity contribution in [1.29, 1.82) is 0 Å². The van der Waals surface area contributed by atoms with Gasteiger partial charge in [0.2, 0.25) is 0 Å². The zero-order valence-electron chi connectivity index (χ0n) is 12.3. The molecule has 0 radical (unpaired) electrons. The Kier molecular flexibility index (Phi) is 6.10. The third-order valence-corrected chi connectivity index (χ3v) is 4.27. The van der Waals surface area contributed by atoms with Crippen molar-refractivity contribution in [2.45, 2.75) is 6.54 Å². The van der Waals surface area contributed by atoms with Crippen LogP contribution >= 0.6 is 39.1 Å². The molecule has 2 rings (SSSR count). The Balaban J connectivity index is 2.17. The summed E-state index contributed by atoms with van der Waals surface area (Å²) in [6.07, 6.45) is 0. The van der Waals surface area contributed by atoms with E-state index in [0.717, 1.165) is 10.0 Å². The van der Waals surface area contributed by atoms with Gasteiger partial charge in [0, 0.05) is 11.0 Å². The van der Waals surface area contributed by atoms with Gasteiger partial charge in [0.15, 0.2) is 11.5 Å². The quantitative estimate of drug-likeness (QED) is 0.741. The Morgan fingerprint density at radius 3 is 2.52 bits per heavy atom. The third kappa shape index (κ3) is 4.28. The molecule has 1 aromatic heterocycles. The monoisotopic (exact) mass is 418 g/mol. The summed E-state index contributed by atoms with van der Waals surface area (Å²) in [6.45, 7) is 0.254. The Hall–Kier alpha value is -1.50. The number of halogens is 3. The minimum absolute atomic E-state index is 0.0794. The number of amides is 1. The van der Waals surface area contributed by atoms with Crippen LogP contribution in [-0.4, -0.2) is 25.1 Å². The first-order valence-corrected chi connectivity index (χ1v) is 8.01. The largest absolute Gasteiger partial charge is 0.493 e. The molecule has 0 aliphatic rings. The van der Waals surface area contributed by atoms with Crippen LogP contribution in [0.1, 0.15) is 16.1 Å². The highest BCUT2D eigenvalue weighted by molar-refractivity contribution is 9.10. The highest BCUT2D eigenvalue weighted by Crippen LogP contribution is 2.33. The summed E-state index contributed by atoms with van der Waals surface area (Å²) in [4.78, 5) is 16.1. The first-order chi connectivity index (χ1) is 11.0. The summed E-state index contributed by atoms with van der Waals surface area (Å²) in [7, 11) is 3.10. The van der Waals surface area contributed by atoms with Gasteiger partial charge in [-0.15, -0.1) is 0 Å². The number of hydrogen-bond acceptors (Lipinski definition) is 4. The van der Waals surface area contributed by atoms with Gasteiger partial charge in [-0.05, 0) is 29.8 Å². The molecule has 23 heavy (non-hydrogen) atoms. The van der Waals surface area contributed by atoms with Crippen molar-refractivity contribution in [3.8, 4) is 11.5 Å². The molecule has 1 N–H and O–H groups in total. The highest BCUT2D eigenvalue weighted by Gasteiger charge is 2.15. The summed E-state index contributed by atoms with van der Waals surface area (Å²) >= 11 is 15.2. The first-order valence-electron chi connectivity index (χ1n) is 6.47. The van der Waals surface area contributed by atoms with Gasteiger partial charge in [-0.3, -0.25) is 4.79 Å². The zero-order chi connectivity index (χ0) is 17.0. The number of nitrogens with zero attached hydrogens (tertiary/aromatic N) is 1. The van der Waals surface area contributed by atoms with Gasteiger partial charge >= 0.3 is 0 Å². The molecule has 0 saturated carbocycles. The lowest BCUT2D eigenvalue weighted by Gasteiger charge is -2.12. The van der Waals surface area contributed by atoms with Crippen molar-refractivity contribution >= 4 is 45.0 Å². The van der Waals surface area contributed by atoms with Crippen LogP contribution in [0.25, 0.3) is 0 Å². The van der Waals surface area contributed by atoms with Crippen LogP contribution in [0.5, 0.6) is 11.5 Å². The second kappa shape index (κ2) is 7.86. The van der Waals surface area contributed by atoms with Crippen molar-refractivity contribution < 1.29 is 14.3 Å². The number of hydrogen-bond donors (Lipinski definition) is 1. The fraction of sp³-hybridized carbons (Fsp3) is 0.200. The van der Waals surface area contributed by atoms with E-state index in [1.54, 1.807) is 26.4 Å². The summed E-state index contributed by atoms with van der Waals surface area (Å²) in [6, 6.07) is 6.59. The van der Waals surface area contributed by atoms with Crippen LogP contribution in [0.2, 0.25) is 10.2 Å². The molecule has 1 aromatic carbocycles. The van der Waals surface area contributed by atoms with Crippen molar-refractivity contribution in [3.05, 3.63) is 50.2 Å². The molecular weight excluding hydrogens is 407 g/mol. The molecule has 2 aromatic rings. The van der Waals surface area contributed by atoms with E-state index in [9.17, 15) is 4.79 Å². The number of benzene rings is 1. The molecule has 0 spiro atoms. The molecule has 8 heteroatoms. The van der Waals surface area contributed by atoms with Crippen LogP contribution in [0.4, 0.5) is 0 Å². The number of rotatable bonds is 5.